The monoisotopic (exact) mass is 670 g/mol. The van der Waals surface area contributed by atoms with Gasteiger partial charge in [-0.05, 0) is 6.92 Å². The third kappa shape index (κ3) is 5.41. The zero-order chi connectivity index (χ0) is 31.8. The largest absolute Gasteiger partial charge is 0.472 e. The van der Waals surface area contributed by atoms with Crippen molar-refractivity contribution in [3.05, 3.63) is 35.2 Å². The highest BCUT2D eigenvalue weighted by atomic mass is 31.2. The molecule has 0 radical (unpaired) electrons. The molecule has 2 bridgehead atoms. The minimum atomic E-state index is -5.01. The van der Waals surface area contributed by atoms with E-state index in [9.17, 15) is 29.0 Å². The summed E-state index contributed by atoms with van der Waals surface area (Å²) in [4.78, 5) is 46.2. The molecule has 242 valence electrons. The van der Waals surface area contributed by atoms with Crippen molar-refractivity contribution < 1.29 is 51.8 Å². The van der Waals surface area contributed by atoms with Crippen LogP contribution in [-0.4, -0.2) is 112 Å². The van der Waals surface area contributed by atoms with E-state index >= 15 is 0 Å². The van der Waals surface area contributed by atoms with Crippen LogP contribution in [0.3, 0.4) is 0 Å². The number of anilines is 1. The predicted molar refractivity (Wildman–Crippen MR) is 151 cm³/mol. The Hall–Kier alpha value is -3.14. The Morgan fingerprint density at radius 2 is 1.62 bits per heavy atom. The highest BCUT2D eigenvalue weighted by Gasteiger charge is 2.52. The fourth-order valence-corrected chi connectivity index (χ4v) is 7.02. The number of aromatic amines is 1. The molecule has 10 atom stereocenters. The van der Waals surface area contributed by atoms with E-state index in [0.717, 1.165) is 0 Å². The fourth-order valence-electron chi connectivity index (χ4n) is 5.30. The van der Waals surface area contributed by atoms with Gasteiger partial charge in [-0.2, -0.15) is 0 Å². The van der Waals surface area contributed by atoms with E-state index in [1.807, 2.05) is 0 Å². The van der Waals surface area contributed by atoms with Gasteiger partial charge in [-0.25, -0.2) is 29.5 Å². The van der Waals surface area contributed by atoms with Gasteiger partial charge in [0.15, 0.2) is 35.1 Å². The molecule has 0 saturated carbocycles. The van der Waals surface area contributed by atoms with Crippen LogP contribution in [0.25, 0.3) is 22.3 Å². The van der Waals surface area contributed by atoms with Crippen LogP contribution in [0, 0.1) is 6.92 Å². The average molecular weight is 670 g/mol. The highest BCUT2D eigenvalue weighted by molar-refractivity contribution is 7.79. The minimum absolute atomic E-state index is 0.0467. The number of aromatic nitrogens is 8. The lowest BCUT2D eigenvalue weighted by molar-refractivity contribution is -0.0637. The van der Waals surface area contributed by atoms with Crippen molar-refractivity contribution in [1.29, 1.82) is 0 Å². The van der Waals surface area contributed by atoms with Crippen molar-refractivity contribution in [2.75, 3.05) is 18.9 Å². The third-order valence-corrected chi connectivity index (χ3v) is 9.08. The molecule has 7 rings (SSSR count). The molecule has 0 amide bonds. The van der Waals surface area contributed by atoms with Crippen LogP contribution in [0.15, 0.2) is 23.8 Å². The van der Waals surface area contributed by atoms with Gasteiger partial charge in [0.25, 0.3) is 5.56 Å². The molecular formula is C21H27BN9O12P2-. The predicted octanol–water partition coefficient (Wildman–Crippen LogP) is -2.24. The second kappa shape index (κ2) is 11.0. The maximum atomic E-state index is 13.6. The Balaban J connectivity index is 1.21. The number of ether oxygens (including phenoxy) is 2. The molecular weight excluding hydrogens is 643 g/mol. The summed E-state index contributed by atoms with van der Waals surface area (Å²) in [6.45, 7) is 0.387. The molecule has 3 fully saturated rings. The van der Waals surface area contributed by atoms with E-state index in [0.29, 0.717) is 0 Å². The molecule has 0 aliphatic carbocycles. The lowest BCUT2D eigenvalue weighted by Crippen LogP contribution is -2.36. The summed E-state index contributed by atoms with van der Waals surface area (Å²) in [6.07, 6.45) is -7.35. The molecule has 45 heavy (non-hydrogen) atoms. The number of nitrogens with zero attached hydrogens (tertiary/aromatic N) is 7. The van der Waals surface area contributed by atoms with Crippen LogP contribution in [0.4, 0.5) is 5.82 Å². The lowest BCUT2D eigenvalue weighted by atomic mass is 10.1. The zero-order valence-electron chi connectivity index (χ0n) is 22.4. The number of nitrogens with two attached hydrogens (primary N) is 1. The van der Waals surface area contributed by atoms with Gasteiger partial charge in [0, 0.05) is 0 Å². The molecule has 3 aliphatic rings. The number of H-pyrrole nitrogens is 1. The standard InChI is InChI=1S/C21H27BN9O12P2/c1-7-28-18-11(19(34)29-7)27-6-31(18)21-15-12(32)8(40-21)2-38-44(22,35)42-14-9(3-39-45(36,37)43-15)41-20(13(14)33)30-5-26-10-16(23)24-4-25-17(10)30/h4-6,8-9,12-15,20-21,32-33H,2-3H2,1,22H3,(H,36,37)(H2,23,24,25)(H,28,29,34)/q-1/t8-,9-,12?,13?,14+,15+,20-,21-,44?/m1/s1. The molecule has 7 heterocycles. The van der Waals surface area contributed by atoms with Crippen LogP contribution in [0.2, 0.25) is 0 Å². The number of nitrogen functional groups attached to an aromatic ring is 1. The van der Waals surface area contributed by atoms with Gasteiger partial charge in [0.2, 0.25) is 0 Å². The molecule has 4 aromatic rings. The van der Waals surface area contributed by atoms with E-state index in [-0.39, 0.29) is 34.0 Å². The van der Waals surface area contributed by atoms with E-state index < -0.39 is 90.7 Å². The summed E-state index contributed by atoms with van der Waals surface area (Å²) < 4.78 is 63.7. The van der Waals surface area contributed by atoms with Gasteiger partial charge >= 0.3 is 7.82 Å². The number of aryl methyl sites for hydroxylation is 1. The number of phosphoric ester groups is 1. The topological polar surface area (TPSA) is 283 Å². The first-order valence-electron chi connectivity index (χ1n) is 13.0. The van der Waals surface area contributed by atoms with Gasteiger partial charge < -0.3 is 48.9 Å². The van der Waals surface area contributed by atoms with Crippen molar-refractivity contribution >= 4 is 51.0 Å². The Bertz CT molecular complexity index is 1940. The smallest absolute Gasteiger partial charge is 0.387 e. The first-order valence-corrected chi connectivity index (χ1v) is 15.6. The molecule has 24 heteroatoms. The van der Waals surface area contributed by atoms with Crippen molar-refractivity contribution in [1.82, 2.24) is 39.0 Å². The van der Waals surface area contributed by atoms with E-state index in [1.54, 1.807) is 6.92 Å². The summed E-state index contributed by atoms with van der Waals surface area (Å²) in [5, 5.41) is 22.4. The Labute approximate surface area is 252 Å². The van der Waals surface area contributed by atoms with Crippen molar-refractivity contribution in [3.8, 4) is 0 Å². The Morgan fingerprint density at radius 3 is 2.40 bits per heavy atom. The van der Waals surface area contributed by atoms with Crippen LogP contribution in [0.1, 0.15) is 18.3 Å². The minimum Gasteiger partial charge on any atom is -0.387 e. The summed E-state index contributed by atoms with van der Waals surface area (Å²) >= 11 is 0. The number of phosphoric acid groups is 1. The SMILES string of the molecule is [BH3-]P1(=O)OC[C@H]2O[C@@H](n3cnc4c(=O)[nH]c(C)nc43)[C@@H](OP(=O)(O)OC[C@H]3O[C@@H](n4cnc5c(N)ncnc54)C(O)[C@H]3O1)C2O. The van der Waals surface area contributed by atoms with E-state index in [2.05, 4.69) is 29.9 Å². The number of fused-ring (bicyclic) bond motifs is 5. The molecule has 3 aliphatic heterocycles. The Kier molecular flexibility index (Phi) is 7.45. The maximum absolute atomic E-state index is 13.6. The first kappa shape index (κ1) is 30.5. The molecule has 4 unspecified atom stereocenters. The maximum Gasteiger partial charge on any atom is 0.472 e. The van der Waals surface area contributed by atoms with Crippen molar-refractivity contribution in [2.45, 2.75) is 56.0 Å². The molecule has 21 nitrogen and oxygen atoms in total. The zero-order valence-corrected chi connectivity index (χ0v) is 24.2. The number of hydrogen-bond donors (Lipinski definition) is 5. The Morgan fingerprint density at radius 1 is 0.933 bits per heavy atom. The quantitative estimate of drug-likeness (QED) is 0.111. The van der Waals surface area contributed by atoms with E-state index in [4.69, 9.17) is 33.3 Å². The second-order valence-electron chi connectivity index (χ2n) is 10.1. The summed E-state index contributed by atoms with van der Waals surface area (Å²) in [5.74, 6) is 0.348. The summed E-state index contributed by atoms with van der Waals surface area (Å²) in [7, 11) is -10.0. The van der Waals surface area contributed by atoms with Gasteiger partial charge in [0.05, 0.1) is 33.4 Å². The first-order chi connectivity index (χ1) is 21.3. The number of imidazole rings is 2. The molecule has 3 saturated heterocycles. The third-order valence-electron chi connectivity index (χ3n) is 7.32. The normalized spacial score (nSPS) is 37.7. The molecule has 0 spiro atoms. The van der Waals surface area contributed by atoms with Crippen LogP contribution in [0.5, 0.6) is 0 Å². The number of aliphatic hydroxyl groups excluding tert-OH is 2. The van der Waals surface area contributed by atoms with Crippen molar-refractivity contribution in [3.63, 3.8) is 0 Å². The van der Waals surface area contributed by atoms with Crippen molar-refractivity contribution in [2.24, 2.45) is 0 Å². The van der Waals surface area contributed by atoms with Crippen LogP contribution < -0.4 is 11.3 Å². The number of nitrogens with one attached hydrogen (secondary N) is 1. The van der Waals surface area contributed by atoms with Crippen LogP contribution in [-0.2, 0) is 36.7 Å². The summed E-state index contributed by atoms with van der Waals surface area (Å²) in [6, 6.07) is 0. The van der Waals surface area contributed by atoms with Gasteiger partial charge in [-0.1, -0.05) is 0 Å². The summed E-state index contributed by atoms with van der Waals surface area (Å²) in [5.41, 5.74) is 5.82. The van der Waals surface area contributed by atoms with Gasteiger partial charge in [-0.15, -0.1) is 0 Å². The number of rotatable bonds is 2. The lowest BCUT2D eigenvalue weighted by Gasteiger charge is -2.29. The average Bonchev–Trinajstić information content (AvgIpc) is 3.72. The highest BCUT2D eigenvalue weighted by Crippen LogP contribution is 2.53. The molecule has 0 aromatic carbocycles. The van der Waals surface area contributed by atoms with Crippen LogP contribution >= 0.6 is 15.3 Å². The van der Waals surface area contributed by atoms with E-state index in [1.165, 1.54) is 28.1 Å². The molecule has 6 N–H and O–H groups in total. The van der Waals surface area contributed by atoms with Gasteiger partial charge in [-0.3, -0.25) is 23.0 Å². The number of hydrogen-bond acceptors (Lipinski definition) is 17. The molecule has 4 aromatic heterocycles. The number of aliphatic hydroxyl groups is 2. The van der Waals surface area contributed by atoms with Gasteiger partial charge in [0.1, 0.15) is 61.8 Å². The fraction of sp³-hybridized carbons (Fsp3) is 0.524. The second-order valence-corrected chi connectivity index (χ2v) is 12.4.